The number of carbonyl (C=O) groups excluding carboxylic acids is 3. The average molecular weight is 853 g/mol. The second-order valence-electron chi connectivity index (χ2n) is 17.1. The highest BCUT2D eigenvalue weighted by molar-refractivity contribution is 5.71. The standard InChI is InChI=1S/C55H96O6/c1-4-7-10-13-16-19-21-23-25-27-28-30-31-33-36-39-42-45-48-54(57)60-51-52(50-59-53(56)47-44-41-38-35-18-15-12-9-6-3)61-55(58)49-46-43-40-37-34-32-29-26-24-22-20-17-14-11-8-5-2/h9,12,18,25-30,35,52H,4-8,10-11,13-17,19-24,31-34,36-51H2,1-3H3/b12-9-,27-25-,29-26-,30-28-,35-18-. The number of ether oxygens (including phenoxy) is 3. The topological polar surface area (TPSA) is 78.9 Å². The van der Waals surface area contributed by atoms with Gasteiger partial charge >= 0.3 is 17.9 Å². The Balaban J connectivity index is 4.37. The molecule has 0 radical (unpaired) electrons. The zero-order chi connectivity index (χ0) is 44.4. The SMILES string of the molecule is CC/C=C\C/C=C\CCCCC(=O)OCC(COC(=O)CCCCCCC/C=C\C=C/CCCCCCCCC)OC(=O)CCCCCCC/C=C\CCCCCCCCC. The molecule has 0 aromatic heterocycles. The zero-order valence-electron chi connectivity index (χ0n) is 40.2. The zero-order valence-corrected chi connectivity index (χ0v) is 40.2. The molecule has 6 heteroatoms. The molecule has 0 aliphatic heterocycles. The van der Waals surface area contributed by atoms with Crippen molar-refractivity contribution in [2.75, 3.05) is 13.2 Å². The molecule has 0 rings (SSSR count). The van der Waals surface area contributed by atoms with Crippen molar-refractivity contribution in [2.24, 2.45) is 0 Å². The van der Waals surface area contributed by atoms with Gasteiger partial charge < -0.3 is 14.2 Å². The first kappa shape index (κ1) is 58.1. The predicted octanol–water partition coefficient (Wildman–Crippen LogP) is 16.9. The van der Waals surface area contributed by atoms with Gasteiger partial charge in [0.1, 0.15) is 13.2 Å². The van der Waals surface area contributed by atoms with Crippen molar-refractivity contribution in [1.82, 2.24) is 0 Å². The van der Waals surface area contributed by atoms with Gasteiger partial charge in [-0.25, -0.2) is 0 Å². The van der Waals surface area contributed by atoms with Crippen LogP contribution in [0.2, 0.25) is 0 Å². The van der Waals surface area contributed by atoms with Gasteiger partial charge in [0.25, 0.3) is 0 Å². The van der Waals surface area contributed by atoms with Crippen LogP contribution in [-0.4, -0.2) is 37.2 Å². The third kappa shape index (κ3) is 48.0. The summed E-state index contributed by atoms with van der Waals surface area (Å²) in [5.74, 6) is -0.953. The molecule has 0 bridgehead atoms. The fourth-order valence-electron chi connectivity index (χ4n) is 7.11. The Kier molecular flexibility index (Phi) is 47.4. The first-order valence-corrected chi connectivity index (χ1v) is 25.8. The van der Waals surface area contributed by atoms with Gasteiger partial charge in [-0.2, -0.15) is 0 Å². The number of rotatable bonds is 46. The second kappa shape index (κ2) is 49.8. The van der Waals surface area contributed by atoms with Crippen molar-refractivity contribution in [1.29, 1.82) is 0 Å². The molecule has 0 heterocycles. The summed E-state index contributed by atoms with van der Waals surface area (Å²) in [4.78, 5) is 37.9. The molecule has 0 aromatic carbocycles. The van der Waals surface area contributed by atoms with E-state index in [9.17, 15) is 14.4 Å². The first-order chi connectivity index (χ1) is 30.0. The maximum Gasteiger partial charge on any atom is 0.306 e. The van der Waals surface area contributed by atoms with E-state index < -0.39 is 6.10 Å². The van der Waals surface area contributed by atoms with Crippen molar-refractivity contribution in [3.8, 4) is 0 Å². The number of hydrogen-bond donors (Lipinski definition) is 0. The van der Waals surface area contributed by atoms with Crippen molar-refractivity contribution in [3.05, 3.63) is 60.8 Å². The molecular formula is C55H96O6. The average Bonchev–Trinajstić information content (AvgIpc) is 3.26. The first-order valence-electron chi connectivity index (χ1n) is 25.8. The van der Waals surface area contributed by atoms with Crippen molar-refractivity contribution in [2.45, 2.75) is 258 Å². The van der Waals surface area contributed by atoms with E-state index in [4.69, 9.17) is 14.2 Å². The summed E-state index contributed by atoms with van der Waals surface area (Å²) in [6.07, 6.45) is 60.8. The molecule has 0 saturated heterocycles. The van der Waals surface area contributed by atoms with Crippen LogP contribution < -0.4 is 0 Å². The summed E-state index contributed by atoms with van der Waals surface area (Å²) in [7, 11) is 0. The Morgan fingerprint density at radius 2 is 0.689 bits per heavy atom. The molecule has 0 fully saturated rings. The predicted molar refractivity (Wildman–Crippen MR) is 261 cm³/mol. The van der Waals surface area contributed by atoms with E-state index in [0.29, 0.717) is 19.3 Å². The Morgan fingerprint density at radius 3 is 1.13 bits per heavy atom. The van der Waals surface area contributed by atoms with Crippen LogP contribution in [0, 0.1) is 0 Å². The Labute approximate surface area is 377 Å². The van der Waals surface area contributed by atoms with E-state index in [0.717, 1.165) is 103 Å². The summed E-state index contributed by atoms with van der Waals surface area (Å²) >= 11 is 0. The molecule has 6 nitrogen and oxygen atoms in total. The lowest BCUT2D eigenvalue weighted by molar-refractivity contribution is -0.167. The minimum Gasteiger partial charge on any atom is -0.462 e. The minimum absolute atomic E-state index is 0.0958. The molecule has 0 saturated carbocycles. The van der Waals surface area contributed by atoms with E-state index in [-0.39, 0.29) is 31.1 Å². The molecular weight excluding hydrogens is 757 g/mol. The molecule has 1 atom stereocenters. The molecule has 0 aromatic rings. The van der Waals surface area contributed by atoms with Gasteiger partial charge in [-0.3, -0.25) is 14.4 Å². The quantitative estimate of drug-likeness (QED) is 0.0200. The smallest absolute Gasteiger partial charge is 0.306 e. The van der Waals surface area contributed by atoms with Gasteiger partial charge in [0.2, 0.25) is 0 Å². The van der Waals surface area contributed by atoms with Crippen molar-refractivity contribution >= 4 is 17.9 Å². The molecule has 61 heavy (non-hydrogen) atoms. The number of esters is 3. The lowest BCUT2D eigenvalue weighted by atomic mass is 10.1. The highest BCUT2D eigenvalue weighted by Gasteiger charge is 2.19. The van der Waals surface area contributed by atoms with Crippen LogP contribution in [-0.2, 0) is 28.6 Å². The summed E-state index contributed by atoms with van der Waals surface area (Å²) in [6, 6.07) is 0. The van der Waals surface area contributed by atoms with Crippen LogP contribution in [0.15, 0.2) is 60.8 Å². The van der Waals surface area contributed by atoms with E-state index in [2.05, 4.69) is 81.5 Å². The number of allylic oxidation sites excluding steroid dienone is 10. The molecule has 0 aliphatic carbocycles. The molecule has 0 spiro atoms. The van der Waals surface area contributed by atoms with Gasteiger partial charge in [-0.05, 0) is 96.3 Å². The van der Waals surface area contributed by atoms with Gasteiger partial charge in [0.05, 0.1) is 0 Å². The van der Waals surface area contributed by atoms with E-state index in [1.54, 1.807) is 0 Å². The van der Waals surface area contributed by atoms with Crippen molar-refractivity contribution < 1.29 is 28.6 Å². The van der Waals surface area contributed by atoms with Crippen LogP contribution in [0.5, 0.6) is 0 Å². The summed E-state index contributed by atoms with van der Waals surface area (Å²) in [6.45, 7) is 6.46. The minimum atomic E-state index is -0.796. The second-order valence-corrected chi connectivity index (χ2v) is 17.1. The monoisotopic (exact) mass is 853 g/mol. The third-order valence-corrected chi connectivity index (χ3v) is 11.0. The summed E-state index contributed by atoms with van der Waals surface area (Å²) in [5.41, 5.74) is 0. The largest absolute Gasteiger partial charge is 0.462 e. The third-order valence-electron chi connectivity index (χ3n) is 11.0. The van der Waals surface area contributed by atoms with Gasteiger partial charge in [0, 0.05) is 19.3 Å². The Hall–Kier alpha value is -2.89. The van der Waals surface area contributed by atoms with Crippen LogP contribution in [0.1, 0.15) is 252 Å². The number of hydrogen-bond acceptors (Lipinski definition) is 6. The van der Waals surface area contributed by atoms with Crippen LogP contribution >= 0.6 is 0 Å². The van der Waals surface area contributed by atoms with E-state index in [1.807, 2.05) is 0 Å². The summed E-state index contributed by atoms with van der Waals surface area (Å²) < 4.78 is 16.7. The number of unbranched alkanes of at least 4 members (excludes halogenated alkanes) is 26. The van der Waals surface area contributed by atoms with E-state index in [1.165, 1.54) is 109 Å². The van der Waals surface area contributed by atoms with Crippen LogP contribution in [0.3, 0.4) is 0 Å². The number of carbonyl (C=O) groups is 3. The van der Waals surface area contributed by atoms with Gasteiger partial charge in [-0.1, -0.05) is 197 Å². The van der Waals surface area contributed by atoms with E-state index >= 15 is 0 Å². The van der Waals surface area contributed by atoms with Gasteiger partial charge in [0.15, 0.2) is 6.10 Å². The van der Waals surface area contributed by atoms with Crippen molar-refractivity contribution in [3.63, 3.8) is 0 Å². The highest BCUT2D eigenvalue weighted by atomic mass is 16.6. The van der Waals surface area contributed by atoms with Crippen LogP contribution in [0.25, 0.3) is 0 Å². The summed E-state index contributed by atoms with van der Waals surface area (Å²) in [5, 5.41) is 0. The lowest BCUT2D eigenvalue weighted by Gasteiger charge is -2.18. The lowest BCUT2D eigenvalue weighted by Crippen LogP contribution is -2.30. The molecule has 0 aliphatic rings. The molecule has 1 unspecified atom stereocenters. The highest BCUT2D eigenvalue weighted by Crippen LogP contribution is 2.14. The Morgan fingerprint density at radius 1 is 0.361 bits per heavy atom. The maximum absolute atomic E-state index is 12.8. The fraction of sp³-hybridized carbons (Fsp3) is 0.764. The Bertz CT molecular complexity index is 1120. The fourth-order valence-corrected chi connectivity index (χ4v) is 7.11. The maximum atomic E-state index is 12.8. The molecule has 0 amide bonds. The van der Waals surface area contributed by atoms with Crippen LogP contribution in [0.4, 0.5) is 0 Å². The molecule has 352 valence electrons. The normalized spacial score (nSPS) is 12.5. The molecule has 0 N–H and O–H groups in total. The van der Waals surface area contributed by atoms with Gasteiger partial charge in [-0.15, -0.1) is 0 Å².